The zero-order valence-electron chi connectivity index (χ0n) is 6.11. The van der Waals surface area contributed by atoms with E-state index < -0.39 is 5.97 Å². The number of rotatable bonds is 2. The molecular formula is C6H9N3O2. The molecule has 11 heavy (non-hydrogen) atoms. The molecule has 0 fully saturated rings. The summed E-state index contributed by atoms with van der Waals surface area (Å²) in [5.74, 6) is -0.995. The van der Waals surface area contributed by atoms with Crippen LogP contribution in [-0.4, -0.2) is 20.9 Å². The number of hydrogen-bond donors (Lipinski definition) is 2. The quantitative estimate of drug-likeness (QED) is 0.607. The van der Waals surface area contributed by atoms with Gasteiger partial charge in [0, 0.05) is 19.2 Å². The third-order valence-electron chi connectivity index (χ3n) is 1.44. The largest absolute Gasteiger partial charge is 0.477 e. The van der Waals surface area contributed by atoms with Crippen molar-refractivity contribution < 1.29 is 9.90 Å². The normalized spacial score (nSPS) is 10.0. The number of aromatic nitrogens is 2. The second-order valence-electron chi connectivity index (χ2n) is 2.15. The van der Waals surface area contributed by atoms with Gasteiger partial charge in [-0.15, -0.1) is 0 Å². The van der Waals surface area contributed by atoms with E-state index in [9.17, 15) is 4.79 Å². The second-order valence-corrected chi connectivity index (χ2v) is 2.15. The fourth-order valence-corrected chi connectivity index (χ4v) is 0.908. The van der Waals surface area contributed by atoms with Crippen molar-refractivity contribution in [2.75, 3.05) is 0 Å². The van der Waals surface area contributed by atoms with Gasteiger partial charge in [0.15, 0.2) is 0 Å². The molecule has 5 nitrogen and oxygen atoms in total. The molecule has 0 atom stereocenters. The van der Waals surface area contributed by atoms with Crippen LogP contribution in [0.15, 0.2) is 6.20 Å². The first kappa shape index (κ1) is 7.74. The summed E-state index contributed by atoms with van der Waals surface area (Å²) >= 11 is 0. The topological polar surface area (TPSA) is 81.1 Å². The van der Waals surface area contributed by atoms with Crippen molar-refractivity contribution in [3.05, 3.63) is 17.5 Å². The molecule has 3 N–H and O–H groups in total. The monoisotopic (exact) mass is 155 g/mol. The Labute approximate surface area is 63.4 Å². The van der Waals surface area contributed by atoms with E-state index in [4.69, 9.17) is 10.8 Å². The van der Waals surface area contributed by atoms with Gasteiger partial charge in [0.25, 0.3) is 0 Å². The van der Waals surface area contributed by atoms with Crippen LogP contribution in [0.25, 0.3) is 0 Å². The Kier molecular flexibility index (Phi) is 1.91. The van der Waals surface area contributed by atoms with Gasteiger partial charge in [-0.3, -0.25) is 4.68 Å². The average Bonchev–Trinajstić information content (AvgIpc) is 2.30. The van der Waals surface area contributed by atoms with Crippen molar-refractivity contribution in [1.29, 1.82) is 0 Å². The van der Waals surface area contributed by atoms with E-state index in [0.717, 1.165) is 0 Å². The molecule has 60 valence electrons. The predicted octanol–water partition coefficient (Wildman–Crippen LogP) is -0.423. The number of nitrogens with zero attached hydrogens (tertiary/aromatic N) is 2. The molecule has 0 aliphatic carbocycles. The molecule has 0 aromatic carbocycles. The zero-order chi connectivity index (χ0) is 8.43. The van der Waals surface area contributed by atoms with Gasteiger partial charge >= 0.3 is 5.97 Å². The van der Waals surface area contributed by atoms with Crippen molar-refractivity contribution in [1.82, 2.24) is 9.78 Å². The second kappa shape index (κ2) is 2.71. The van der Waals surface area contributed by atoms with E-state index in [2.05, 4.69) is 5.10 Å². The predicted molar refractivity (Wildman–Crippen MR) is 38.1 cm³/mol. The number of hydrogen-bond acceptors (Lipinski definition) is 3. The maximum atomic E-state index is 10.5. The number of carboxylic acid groups (broad SMARTS) is 1. The van der Waals surface area contributed by atoms with Crippen molar-refractivity contribution in [2.24, 2.45) is 12.8 Å². The highest BCUT2D eigenvalue weighted by Gasteiger charge is 2.13. The lowest BCUT2D eigenvalue weighted by atomic mass is 10.2. The Hall–Kier alpha value is -1.36. The minimum absolute atomic E-state index is 0.160. The summed E-state index contributed by atoms with van der Waals surface area (Å²) in [4.78, 5) is 10.5. The summed E-state index contributed by atoms with van der Waals surface area (Å²) in [6.45, 7) is 0.204. The highest BCUT2D eigenvalue weighted by molar-refractivity contribution is 5.87. The van der Waals surface area contributed by atoms with E-state index in [0.29, 0.717) is 5.56 Å². The Morgan fingerprint density at radius 2 is 2.55 bits per heavy atom. The van der Waals surface area contributed by atoms with Gasteiger partial charge in [-0.2, -0.15) is 5.10 Å². The van der Waals surface area contributed by atoms with Gasteiger partial charge in [-0.25, -0.2) is 4.79 Å². The number of carboxylic acids is 1. The van der Waals surface area contributed by atoms with Crippen molar-refractivity contribution in [3.63, 3.8) is 0 Å². The lowest BCUT2D eigenvalue weighted by molar-refractivity contribution is 0.0683. The molecule has 1 rings (SSSR count). The molecule has 0 aliphatic heterocycles. The van der Waals surface area contributed by atoms with Crippen molar-refractivity contribution in [3.8, 4) is 0 Å². The fraction of sp³-hybridized carbons (Fsp3) is 0.333. The lowest BCUT2D eigenvalue weighted by Gasteiger charge is -1.96. The van der Waals surface area contributed by atoms with Crippen LogP contribution in [0.2, 0.25) is 0 Å². The Morgan fingerprint density at radius 3 is 2.91 bits per heavy atom. The summed E-state index contributed by atoms with van der Waals surface area (Å²) < 4.78 is 1.30. The highest BCUT2D eigenvalue weighted by atomic mass is 16.4. The third kappa shape index (κ3) is 1.22. The van der Waals surface area contributed by atoms with Gasteiger partial charge in [0.2, 0.25) is 0 Å². The summed E-state index contributed by atoms with van der Waals surface area (Å²) in [6.07, 6.45) is 1.46. The first-order chi connectivity index (χ1) is 5.16. The standard InChI is InChI=1S/C6H9N3O2/c1-9-5(6(10)11)4(2-7)3-8-9/h3H,2,7H2,1H3,(H,10,11). The number of nitrogens with two attached hydrogens (primary N) is 1. The van der Waals surface area contributed by atoms with Crippen LogP contribution in [-0.2, 0) is 13.6 Å². The van der Waals surface area contributed by atoms with E-state index in [1.54, 1.807) is 7.05 Å². The van der Waals surface area contributed by atoms with Crippen LogP contribution >= 0.6 is 0 Å². The molecule has 0 unspecified atom stereocenters. The molecule has 5 heteroatoms. The molecule has 0 saturated carbocycles. The molecule has 1 aromatic rings. The number of carbonyl (C=O) groups is 1. The van der Waals surface area contributed by atoms with Crippen LogP contribution in [0.4, 0.5) is 0 Å². The Morgan fingerprint density at radius 1 is 1.91 bits per heavy atom. The van der Waals surface area contributed by atoms with Crippen LogP contribution in [0.5, 0.6) is 0 Å². The first-order valence-corrected chi connectivity index (χ1v) is 3.11. The van der Waals surface area contributed by atoms with Crippen molar-refractivity contribution >= 4 is 5.97 Å². The van der Waals surface area contributed by atoms with Crippen LogP contribution in [0.1, 0.15) is 16.1 Å². The SMILES string of the molecule is Cn1ncc(CN)c1C(=O)O. The summed E-state index contributed by atoms with van der Waals surface area (Å²) in [6, 6.07) is 0. The molecular weight excluding hydrogens is 146 g/mol. The molecule has 0 saturated heterocycles. The fourth-order valence-electron chi connectivity index (χ4n) is 0.908. The molecule has 1 heterocycles. The highest BCUT2D eigenvalue weighted by Crippen LogP contribution is 2.05. The number of aromatic carboxylic acids is 1. The van der Waals surface area contributed by atoms with Gasteiger partial charge in [0.1, 0.15) is 5.69 Å². The minimum atomic E-state index is -0.995. The van der Waals surface area contributed by atoms with Crippen LogP contribution in [0.3, 0.4) is 0 Å². The van der Waals surface area contributed by atoms with E-state index in [-0.39, 0.29) is 12.2 Å². The van der Waals surface area contributed by atoms with Gasteiger partial charge in [-0.1, -0.05) is 0 Å². The third-order valence-corrected chi connectivity index (χ3v) is 1.44. The molecule has 0 radical (unpaired) electrons. The molecule has 0 amide bonds. The minimum Gasteiger partial charge on any atom is -0.477 e. The maximum absolute atomic E-state index is 10.5. The molecule has 0 spiro atoms. The van der Waals surface area contributed by atoms with Crippen molar-refractivity contribution in [2.45, 2.75) is 6.54 Å². The average molecular weight is 155 g/mol. The first-order valence-electron chi connectivity index (χ1n) is 3.11. The zero-order valence-corrected chi connectivity index (χ0v) is 6.11. The number of aryl methyl sites for hydroxylation is 1. The van der Waals surface area contributed by atoms with E-state index in [1.165, 1.54) is 10.9 Å². The summed E-state index contributed by atoms with van der Waals surface area (Å²) in [7, 11) is 1.57. The smallest absolute Gasteiger partial charge is 0.354 e. The lowest BCUT2D eigenvalue weighted by Crippen LogP contribution is -2.10. The van der Waals surface area contributed by atoms with Gasteiger partial charge in [0.05, 0.1) is 6.20 Å². The van der Waals surface area contributed by atoms with Crippen LogP contribution in [0, 0.1) is 0 Å². The van der Waals surface area contributed by atoms with Gasteiger partial charge < -0.3 is 10.8 Å². The Balaban J connectivity index is 3.17. The van der Waals surface area contributed by atoms with E-state index in [1.807, 2.05) is 0 Å². The van der Waals surface area contributed by atoms with E-state index >= 15 is 0 Å². The maximum Gasteiger partial charge on any atom is 0.354 e. The van der Waals surface area contributed by atoms with Gasteiger partial charge in [-0.05, 0) is 0 Å². The summed E-state index contributed by atoms with van der Waals surface area (Å²) in [5, 5.41) is 12.4. The molecule has 0 bridgehead atoms. The van der Waals surface area contributed by atoms with Crippen LogP contribution < -0.4 is 5.73 Å². The molecule has 0 aliphatic rings. The summed E-state index contributed by atoms with van der Waals surface area (Å²) in [5.41, 5.74) is 6.00. The Bertz CT molecular complexity index is 279. The molecule has 1 aromatic heterocycles.